The molecule has 0 saturated carbocycles. The minimum atomic E-state index is 1.11. The van der Waals surface area contributed by atoms with Gasteiger partial charge in [-0.2, -0.15) is 0 Å². The summed E-state index contributed by atoms with van der Waals surface area (Å²) in [5.74, 6) is 0. The van der Waals surface area contributed by atoms with Crippen molar-refractivity contribution >= 4 is 32.3 Å². The Hall–Kier alpha value is -1.93. The number of rotatable bonds is 0. The first-order valence-electron chi connectivity index (χ1n) is 6.00. The number of aryl methyl sites for hydroxylation is 1. The lowest BCUT2D eigenvalue weighted by Crippen LogP contribution is -1.75. The maximum Gasteiger partial charge on any atom is 0.125 e. The lowest BCUT2D eigenvalue weighted by atomic mass is 10.1. The molecule has 0 bridgehead atoms. The molecule has 0 aromatic heterocycles. The number of hydrogen-bond donors (Lipinski definition) is 0. The molecule has 0 fully saturated rings. The molecule has 2 aliphatic heterocycles. The monoisotopic (exact) mass is 249 g/mol. The molecule has 2 heteroatoms. The largest absolute Gasteiger partial charge is 0.237 e. The van der Waals surface area contributed by atoms with Crippen LogP contribution in [0.5, 0.6) is 0 Å². The van der Waals surface area contributed by atoms with Crippen LogP contribution in [0.3, 0.4) is 0 Å². The average molecular weight is 249 g/mol. The van der Waals surface area contributed by atoms with Gasteiger partial charge in [0, 0.05) is 15.6 Å². The normalized spacial score (nSPS) is 11.6. The summed E-state index contributed by atoms with van der Waals surface area (Å²) in [4.78, 5) is 4.74. The second-order valence-electron chi connectivity index (χ2n) is 4.64. The Morgan fingerprint density at radius 1 is 1.00 bits per heavy atom. The summed E-state index contributed by atoms with van der Waals surface area (Å²) in [6.45, 7) is 2.11. The van der Waals surface area contributed by atoms with Crippen LogP contribution in [0.25, 0.3) is 31.6 Å². The van der Waals surface area contributed by atoms with E-state index in [-0.39, 0.29) is 0 Å². The van der Waals surface area contributed by atoms with E-state index in [1.807, 2.05) is 0 Å². The van der Waals surface area contributed by atoms with Crippen molar-refractivity contribution in [2.75, 3.05) is 0 Å². The minimum absolute atomic E-state index is 1.11. The van der Waals surface area contributed by atoms with Gasteiger partial charge in [0.15, 0.2) is 0 Å². The van der Waals surface area contributed by atoms with E-state index in [1.165, 1.54) is 26.6 Å². The van der Waals surface area contributed by atoms with Gasteiger partial charge in [0.25, 0.3) is 0 Å². The Bertz CT molecular complexity index is 844. The maximum absolute atomic E-state index is 4.74. The second-order valence-corrected chi connectivity index (χ2v) is 5.67. The van der Waals surface area contributed by atoms with Crippen molar-refractivity contribution in [3.8, 4) is 10.6 Å². The van der Waals surface area contributed by atoms with Crippen molar-refractivity contribution in [3.05, 3.63) is 54.1 Å². The lowest BCUT2D eigenvalue weighted by Gasteiger charge is -2.01. The molecule has 2 aromatic carbocycles. The first-order valence-corrected chi connectivity index (χ1v) is 6.81. The van der Waals surface area contributed by atoms with E-state index in [4.69, 9.17) is 4.98 Å². The van der Waals surface area contributed by atoms with Crippen molar-refractivity contribution in [2.24, 2.45) is 0 Å². The van der Waals surface area contributed by atoms with E-state index in [0.29, 0.717) is 0 Å². The molecule has 2 aromatic rings. The predicted molar refractivity (Wildman–Crippen MR) is 78.5 cm³/mol. The van der Waals surface area contributed by atoms with Gasteiger partial charge in [-0.15, -0.1) is 11.3 Å². The van der Waals surface area contributed by atoms with Crippen molar-refractivity contribution in [2.45, 2.75) is 6.92 Å². The molecule has 0 atom stereocenters. The summed E-state index contributed by atoms with van der Waals surface area (Å²) in [6, 6.07) is 17.2. The molecule has 1 nitrogen and oxygen atoms in total. The molecule has 86 valence electrons. The molecule has 2 heterocycles. The predicted octanol–water partition coefficient (Wildman–Crippen LogP) is 4.86. The molecule has 0 amide bonds. The van der Waals surface area contributed by atoms with Gasteiger partial charge in [0.2, 0.25) is 0 Å². The van der Waals surface area contributed by atoms with Crippen LogP contribution in [-0.4, -0.2) is 4.98 Å². The highest BCUT2D eigenvalue weighted by Crippen LogP contribution is 2.38. The average Bonchev–Trinajstić information content (AvgIpc) is 2.72. The van der Waals surface area contributed by atoms with Gasteiger partial charge in [-0.05, 0) is 36.1 Å². The Kier molecular flexibility index (Phi) is 1.97. The molecule has 0 saturated heterocycles. The molecule has 0 radical (unpaired) electrons. The Balaban J connectivity index is 2.20. The summed E-state index contributed by atoms with van der Waals surface area (Å²) in [5, 5.41) is 3.69. The molecule has 0 aliphatic carbocycles. The van der Waals surface area contributed by atoms with E-state index in [0.717, 1.165) is 10.5 Å². The van der Waals surface area contributed by atoms with E-state index >= 15 is 0 Å². The van der Waals surface area contributed by atoms with Crippen LogP contribution in [0.15, 0.2) is 48.5 Å². The Morgan fingerprint density at radius 3 is 2.83 bits per heavy atom. The summed E-state index contributed by atoms with van der Waals surface area (Å²) in [6.07, 6.45) is 0. The SMILES string of the molecule is Cc1ccc2c3cc4ccccc4sc-3nc2c1. The Morgan fingerprint density at radius 2 is 1.89 bits per heavy atom. The highest BCUT2D eigenvalue weighted by molar-refractivity contribution is 7.21. The highest BCUT2D eigenvalue weighted by atomic mass is 32.1. The van der Waals surface area contributed by atoms with Crippen LogP contribution >= 0.6 is 11.3 Å². The first kappa shape index (κ1) is 10.0. The number of aromatic nitrogens is 1. The van der Waals surface area contributed by atoms with Crippen LogP contribution in [0.1, 0.15) is 5.56 Å². The third-order valence-corrected chi connectivity index (χ3v) is 4.42. The van der Waals surface area contributed by atoms with Crippen LogP contribution in [0.4, 0.5) is 0 Å². The van der Waals surface area contributed by atoms with Crippen molar-refractivity contribution in [1.82, 2.24) is 4.98 Å². The molecular formula is C16H11NS. The lowest BCUT2D eigenvalue weighted by molar-refractivity contribution is 1.46. The number of benzene rings is 2. The van der Waals surface area contributed by atoms with Crippen LogP contribution in [0.2, 0.25) is 0 Å². The summed E-state index contributed by atoms with van der Waals surface area (Å²) < 4.78 is 1.30. The molecule has 0 unspecified atom stereocenters. The molecule has 4 rings (SSSR count). The van der Waals surface area contributed by atoms with Gasteiger partial charge in [-0.25, -0.2) is 4.98 Å². The highest BCUT2D eigenvalue weighted by Gasteiger charge is 2.13. The molecule has 2 aliphatic rings. The van der Waals surface area contributed by atoms with Gasteiger partial charge in [0.05, 0.1) is 5.52 Å². The quantitative estimate of drug-likeness (QED) is 0.433. The molecule has 18 heavy (non-hydrogen) atoms. The summed E-state index contributed by atoms with van der Waals surface area (Å²) >= 11 is 1.77. The third kappa shape index (κ3) is 1.36. The van der Waals surface area contributed by atoms with Gasteiger partial charge in [-0.3, -0.25) is 0 Å². The fraction of sp³-hybridized carbons (Fsp3) is 0.0625. The van der Waals surface area contributed by atoms with Crippen LogP contribution in [-0.2, 0) is 0 Å². The van der Waals surface area contributed by atoms with Gasteiger partial charge < -0.3 is 0 Å². The second kappa shape index (κ2) is 3.53. The third-order valence-electron chi connectivity index (χ3n) is 3.32. The van der Waals surface area contributed by atoms with Gasteiger partial charge >= 0.3 is 0 Å². The molecule has 0 spiro atoms. The van der Waals surface area contributed by atoms with Gasteiger partial charge in [0.1, 0.15) is 5.01 Å². The number of nitrogens with zero attached hydrogens (tertiary/aromatic N) is 1. The fourth-order valence-corrected chi connectivity index (χ4v) is 3.44. The minimum Gasteiger partial charge on any atom is -0.237 e. The summed E-state index contributed by atoms with van der Waals surface area (Å²) in [5.41, 5.74) is 3.64. The fourth-order valence-electron chi connectivity index (χ4n) is 2.42. The van der Waals surface area contributed by atoms with Crippen molar-refractivity contribution in [1.29, 1.82) is 0 Å². The summed E-state index contributed by atoms with van der Waals surface area (Å²) in [7, 11) is 0. The zero-order valence-electron chi connectivity index (χ0n) is 9.97. The molecular weight excluding hydrogens is 238 g/mol. The van der Waals surface area contributed by atoms with E-state index in [1.54, 1.807) is 11.3 Å². The standard InChI is InChI=1S/C16H11NS/c1-10-6-7-12-13-9-11-4-2-3-5-15(11)18-16(13)17-14(12)8-10/h2-9H,1H3. The van der Waals surface area contributed by atoms with E-state index in [2.05, 4.69) is 55.5 Å². The van der Waals surface area contributed by atoms with E-state index in [9.17, 15) is 0 Å². The zero-order valence-corrected chi connectivity index (χ0v) is 10.8. The molecule has 0 N–H and O–H groups in total. The number of fused-ring (bicyclic) bond motifs is 4. The van der Waals surface area contributed by atoms with Crippen molar-refractivity contribution < 1.29 is 0 Å². The van der Waals surface area contributed by atoms with E-state index < -0.39 is 0 Å². The van der Waals surface area contributed by atoms with Crippen LogP contribution in [0, 0.1) is 6.92 Å². The topological polar surface area (TPSA) is 12.9 Å². The smallest absolute Gasteiger partial charge is 0.125 e. The maximum atomic E-state index is 4.74. The first-order chi connectivity index (χ1) is 8.81. The number of hydrogen-bond acceptors (Lipinski definition) is 2. The van der Waals surface area contributed by atoms with Gasteiger partial charge in [-0.1, -0.05) is 30.3 Å². The zero-order chi connectivity index (χ0) is 12.1. The van der Waals surface area contributed by atoms with Crippen LogP contribution < -0.4 is 0 Å². The Labute approximate surface area is 109 Å². The van der Waals surface area contributed by atoms with Crippen molar-refractivity contribution in [3.63, 3.8) is 0 Å².